The van der Waals surface area contributed by atoms with Gasteiger partial charge in [0.1, 0.15) is 0 Å². The number of carbonyl (C=O) groups is 1. The van der Waals surface area contributed by atoms with E-state index in [1.54, 1.807) is 35.9 Å². The number of pyridine rings is 1. The number of rotatable bonds is 3. The second-order valence-electron chi connectivity index (χ2n) is 6.33. The molecule has 0 amide bonds. The molecule has 3 nitrogen and oxygen atoms in total. The number of ketones is 1. The highest BCUT2D eigenvalue weighted by molar-refractivity contribution is 9.10. The lowest BCUT2D eigenvalue weighted by Gasteiger charge is -2.15. The summed E-state index contributed by atoms with van der Waals surface area (Å²) in [6, 6.07) is 24.3. The molecule has 132 valence electrons. The van der Waals surface area contributed by atoms with Crippen LogP contribution in [-0.4, -0.2) is 10.4 Å². The van der Waals surface area contributed by atoms with E-state index in [2.05, 4.69) is 15.9 Å². The standard InChI is InChI=1S/C23H16BrNO2/c1-25-19-10-6-5-9-18(19)20(15-11-13-17(24)14-12-15)21(23(25)27)22(26)16-7-3-2-4-8-16/h2-14H,1H3. The summed E-state index contributed by atoms with van der Waals surface area (Å²) < 4.78 is 2.49. The summed E-state index contributed by atoms with van der Waals surface area (Å²) in [6.07, 6.45) is 0. The molecule has 4 rings (SSSR count). The fourth-order valence-corrected chi connectivity index (χ4v) is 3.62. The van der Waals surface area contributed by atoms with E-state index < -0.39 is 0 Å². The highest BCUT2D eigenvalue weighted by Crippen LogP contribution is 2.32. The van der Waals surface area contributed by atoms with Crippen molar-refractivity contribution in [1.29, 1.82) is 0 Å². The molecule has 0 spiro atoms. The van der Waals surface area contributed by atoms with Gasteiger partial charge in [-0.2, -0.15) is 0 Å². The first kappa shape index (κ1) is 17.4. The molecule has 0 N–H and O–H groups in total. The average molecular weight is 418 g/mol. The Balaban J connectivity index is 2.13. The van der Waals surface area contributed by atoms with Gasteiger partial charge >= 0.3 is 0 Å². The minimum absolute atomic E-state index is 0.199. The molecular weight excluding hydrogens is 402 g/mol. The first-order valence-electron chi connectivity index (χ1n) is 8.55. The predicted octanol–water partition coefficient (Wildman–Crippen LogP) is 5.20. The smallest absolute Gasteiger partial charge is 0.262 e. The first-order chi connectivity index (χ1) is 13.1. The molecule has 0 fully saturated rings. The maximum Gasteiger partial charge on any atom is 0.262 e. The molecular formula is C23H16BrNO2. The van der Waals surface area contributed by atoms with Crippen LogP contribution in [0, 0.1) is 0 Å². The van der Waals surface area contributed by atoms with Gasteiger partial charge in [-0.15, -0.1) is 0 Å². The van der Waals surface area contributed by atoms with E-state index in [-0.39, 0.29) is 16.9 Å². The van der Waals surface area contributed by atoms with Gasteiger partial charge in [0.05, 0.1) is 11.1 Å². The zero-order valence-corrected chi connectivity index (χ0v) is 16.2. The van der Waals surface area contributed by atoms with Crippen LogP contribution in [-0.2, 0) is 7.05 Å². The van der Waals surface area contributed by atoms with Crippen molar-refractivity contribution in [3.8, 4) is 11.1 Å². The number of halogens is 1. The molecule has 0 atom stereocenters. The number of para-hydroxylation sites is 1. The van der Waals surface area contributed by atoms with Gasteiger partial charge in [-0.05, 0) is 23.8 Å². The van der Waals surface area contributed by atoms with Gasteiger partial charge in [-0.25, -0.2) is 0 Å². The highest BCUT2D eigenvalue weighted by atomic mass is 79.9. The molecule has 0 radical (unpaired) electrons. The molecule has 0 saturated carbocycles. The van der Waals surface area contributed by atoms with Crippen molar-refractivity contribution >= 4 is 32.6 Å². The van der Waals surface area contributed by atoms with E-state index in [1.807, 2.05) is 54.6 Å². The zero-order valence-electron chi connectivity index (χ0n) is 14.6. The minimum Gasteiger partial charge on any atom is -0.311 e. The third kappa shape index (κ3) is 3.02. The van der Waals surface area contributed by atoms with Gasteiger partial charge < -0.3 is 4.57 Å². The van der Waals surface area contributed by atoms with E-state index in [0.29, 0.717) is 11.1 Å². The number of aromatic nitrogens is 1. The molecule has 27 heavy (non-hydrogen) atoms. The van der Waals surface area contributed by atoms with E-state index in [0.717, 1.165) is 20.9 Å². The van der Waals surface area contributed by atoms with Crippen molar-refractivity contribution in [3.05, 3.63) is 105 Å². The Morgan fingerprint density at radius 1 is 0.852 bits per heavy atom. The zero-order chi connectivity index (χ0) is 19.0. The monoisotopic (exact) mass is 417 g/mol. The number of benzene rings is 3. The third-order valence-corrected chi connectivity index (χ3v) is 5.23. The van der Waals surface area contributed by atoms with Crippen molar-refractivity contribution in [3.63, 3.8) is 0 Å². The van der Waals surface area contributed by atoms with Crippen LogP contribution in [0.25, 0.3) is 22.0 Å². The molecule has 4 aromatic rings. The maximum atomic E-state index is 13.3. The fourth-order valence-electron chi connectivity index (χ4n) is 3.36. The van der Waals surface area contributed by atoms with Crippen molar-refractivity contribution in [1.82, 2.24) is 4.57 Å². The van der Waals surface area contributed by atoms with Crippen LogP contribution >= 0.6 is 15.9 Å². The van der Waals surface area contributed by atoms with Crippen LogP contribution in [0.3, 0.4) is 0 Å². The van der Waals surface area contributed by atoms with Gasteiger partial charge in [0.15, 0.2) is 5.78 Å². The molecule has 3 aromatic carbocycles. The maximum absolute atomic E-state index is 13.3. The molecule has 4 heteroatoms. The minimum atomic E-state index is -0.291. The Kier molecular flexibility index (Phi) is 4.50. The van der Waals surface area contributed by atoms with Crippen molar-refractivity contribution in [2.45, 2.75) is 0 Å². The Labute approximate surface area is 165 Å². The van der Waals surface area contributed by atoms with Gasteiger partial charge in [0.25, 0.3) is 5.56 Å². The molecule has 0 aliphatic heterocycles. The lowest BCUT2D eigenvalue weighted by atomic mass is 9.91. The summed E-state index contributed by atoms with van der Waals surface area (Å²) >= 11 is 3.45. The van der Waals surface area contributed by atoms with E-state index in [4.69, 9.17) is 0 Å². The second-order valence-corrected chi connectivity index (χ2v) is 7.25. The summed E-state index contributed by atoms with van der Waals surface area (Å²) in [5.41, 5.74) is 2.72. The molecule has 0 saturated heterocycles. The second kappa shape index (κ2) is 6.97. The predicted molar refractivity (Wildman–Crippen MR) is 112 cm³/mol. The molecule has 1 aromatic heterocycles. The lowest BCUT2D eigenvalue weighted by Crippen LogP contribution is -2.26. The topological polar surface area (TPSA) is 39.1 Å². The molecule has 1 heterocycles. The van der Waals surface area contributed by atoms with Crippen LogP contribution < -0.4 is 5.56 Å². The van der Waals surface area contributed by atoms with Crippen molar-refractivity contribution in [2.24, 2.45) is 7.05 Å². The number of fused-ring (bicyclic) bond motifs is 1. The van der Waals surface area contributed by atoms with Crippen LogP contribution in [0.1, 0.15) is 15.9 Å². The summed E-state index contributed by atoms with van der Waals surface area (Å²) in [6.45, 7) is 0. The number of aryl methyl sites for hydroxylation is 1. The van der Waals surface area contributed by atoms with Crippen molar-refractivity contribution in [2.75, 3.05) is 0 Å². The summed E-state index contributed by atoms with van der Waals surface area (Å²) in [5.74, 6) is -0.264. The lowest BCUT2D eigenvalue weighted by molar-refractivity contribution is 0.103. The summed E-state index contributed by atoms with van der Waals surface area (Å²) in [4.78, 5) is 26.5. The molecule has 0 aliphatic carbocycles. The average Bonchev–Trinajstić information content (AvgIpc) is 2.71. The normalized spacial score (nSPS) is 10.9. The van der Waals surface area contributed by atoms with Gasteiger partial charge in [0.2, 0.25) is 0 Å². The molecule has 0 unspecified atom stereocenters. The van der Waals surface area contributed by atoms with Crippen LogP contribution in [0.4, 0.5) is 0 Å². The molecule has 0 aliphatic rings. The van der Waals surface area contributed by atoms with Crippen molar-refractivity contribution < 1.29 is 4.79 Å². The quantitative estimate of drug-likeness (QED) is 0.429. The Bertz CT molecular complexity index is 1210. The fraction of sp³-hybridized carbons (Fsp3) is 0.0435. The first-order valence-corrected chi connectivity index (χ1v) is 9.34. The summed E-state index contributed by atoms with van der Waals surface area (Å²) in [5, 5.41) is 0.876. The number of nitrogens with zero attached hydrogens (tertiary/aromatic N) is 1. The Morgan fingerprint density at radius 3 is 2.19 bits per heavy atom. The largest absolute Gasteiger partial charge is 0.311 e. The summed E-state index contributed by atoms with van der Waals surface area (Å²) in [7, 11) is 1.71. The van der Waals surface area contributed by atoms with Crippen LogP contribution in [0.5, 0.6) is 0 Å². The van der Waals surface area contributed by atoms with Gasteiger partial charge in [-0.1, -0.05) is 76.6 Å². The number of hydrogen-bond donors (Lipinski definition) is 0. The third-order valence-electron chi connectivity index (χ3n) is 4.70. The van der Waals surface area contributed by atoms with E-state index >= 15 is 0 Å². The van der Waals surface area contributed by atoms with Gasteiger partial charge in [-0.3, -0.25) is 9.59 Å². The Morgan fingerprint density at radius 2 is 1.48 bits per heavy atom. The highest BCUT2D eigenvalue weighted by Gasteiger charge is 2.23. The van der Waals surface area contributed by atoms with Crippen LogP contribution in [0.2, 0.25) is 0 Å². The van der Waals surface area contributed by atoms with E-state index in [9.17, 15) is 9.59 Å². The number of carbonyl (C=O) groups excluding carboxylic acids is 1. The Hall–Kier alpha value is -2.98. The van der Waals surface area contributed by atoms with Crippen LogP contribution in [0.15, 0.2) is 88.1 Å². The SMILES string of the molecule is Cn1c(=O)c(C(=O)c2ccccc2)c(-c2ccc(Br)cc2)c2ccccc21. The van der Waals surface area contributed by atoms with Gasteiger partial charge in [0, 0.05) is 28.0 Å². The van der Waals surface area contributed by atoms with E-state index in [1.165, 1.54) is 0 Å². The number of hydrogen-bond acceptors (Lipinski definition) is 2. The molecule has 0 bridgehead atoms.